The molecule has 23 heavy (non-hydrogen) atoms. The summed E-state index contributed by atoms with van der Waals surface area (Å²) in [6.45, 7) is 4.52. The Morgan fingerprint density at radius 1 is 1.13 bits per heavy atom. The lowest BCUT2D eigenvalue weighted by Gasteiger charge is -2.15. The van der Waals surface area contributed by atoms with Gasteiger partial charge in [0.05, 0.1) is 0 Å². The van der Waals surface area contributed by atoms with Crippen molar-refractivity contribution in [2.75, 3.05) is 0 Å². The van der Waals surface area contributed by atoms with Gasteiger partial charge in [0.25, 0.3) is 0 Å². The van der Waals surface area contributed by atoms with Crippen LogP contribution in [-0.4, -0.2) is 4.98 Å². The molecule has 0 radical (unpaired) electrons. The van der Waals surface area contributed by atoms with Gasteiger partial charge in [0.2, 0.25) is 5.88 Å². The summed E-state index contributed by atoms with van der Waals surface area (Å²) >= 11 is 5.76. The molecule has 124 valence electrons. The fourth-order valence-corrected chi connectivity index (χ4v) is 2.82. The molecule has 0 N–H and O–H groups in total. The molecule has 0 atom stereocenters. The van der Waals surface area contributed by atoms with Crippen molar-refractivity contribution in [3.05, 3.63) is 58.5 Å². The quantitative estimate of drug-likeness (QED) is 0.578. The topological polar surface area (TPSA) is 22.1 Å². The SMILES string of the molecule is CCCC(CCC)c1cccc(OCc2ccc(Cl)cc2F)n1. The van der Waals surface area contributed by atoms with E-state index in [1.54, 1.807) is 12.1 Å². The first kappa shape index (κ1) is 17.7. The van der Waals surface area contributed by atoms with Crippen LogP contribution in [0.5, 0.6) is 5.88 Å². The van der Waals surface area contributed by atoms with Crippen LogP contribution in [0.4, 0.5) is 4.39 Å². The van der Waals surface area contributed by atoms with Gasteiger partial charge in [-0.3, -0.25) is 0 Å². The van der Waals surface area contributed by atoms with Gasteiger partial charge in [-0.25, -0.2) is 9.37 Å². The van der Waals surface area contributed by atoms with Gasteiger partial charge >= 0.3 is 0 Å². The molecule has 0 bridgehead atoms. The molecule has 2 aromatic rings. The Hall–Kier alpha value is -1.61. The molecule has 0 saturated heterocycles. The van der Waals surface area contributed by atoms with Gasteiger partial charge in [-0.2, -0.15) is 0 Å². The number of pyridine rings is 1. The average Bonchev–Trinajstić information content (AvgIpc) is 2.54. The summed E-state index contributed by atoms with van der Waals surface area (Å²) in [6, 6.07) is 10.4. The molecule has 0 aliphatic heterocycles. The summed E-state index contributed by atoms with van der Waals surface area (Å²) in [5.74, 6) is 0.637. The lowest BCUT2D eigenvalue weighted by Crippen LogP contribution is -2.04. The number of nitrogens with zero attached hydrogens (tertiary/aromatic N) is 1. The van der Waals surface area contributed by atoms with Gasteiger partial charge in [-0.05, 0) is 31.0 Å². The Morgan fingerprint density at radius 2 is 1.87 bits per heavy atom. The predicted octanol–water partition coefficient (Wildman–Crippen LogP) is 6.14. The van der Waals surface area contributed by atoms with Gasteiger partial charge in [-0.1, -0.05) is 50.4 Å². The zero-order valence-electron chi connectivity index (χ0n) is 13.7. The molecule has 0 saturated carbocycles. The van der Waals surface area contributed by atoms with Crippen molar-refractivity contribution >= 4 is 11.6 Å². The first-order valence-corrected chi connectivity index (χ1v) is 8.55. The third-order valence-electron chi connectivity index (χ3n) is 3.83. The van der Waals surface area contributed by atoms with Crippen molar-refractivity contribution in [2.24, 2.45) is 0 Å². The van der Waals surface area contributed by atoms with Gasteiger partial charge in [0.15, 0.2) is 0 Å². The zero-order valence-corrected chi connectivity index (χ0v) is 14.4. The summed E-state index contributed by atoms with van der Waals surface area (Å²) in [6.07, 6.45) is 4.51. The Bertz CT molecular complexity index is 627. The molecule has 0 aliphatic rings. The third-order valence-corrected chi connectivity index (χ3v) is 4.06. The number of aromatic nitrogens is 1. The molecule has 2 nitrogen and oxygen atoms in total. The van der Waals surface area contributed by atoms with E-state index in [4.69, 9.17) is 16.3 Å². The van der Waals surface area contributed by atoms with E-state index in [1.807, 2.05) is 18.2 Å². The predicted molar refractivity (Wildman–Crippen MR) is 92.5 cm³/mol. The molecule has 0 unspecified atom stereocenters. The second kappa shape index (κ2) is 8.88. The lowest BCUT2D eigenvalue weighted by molar-refractivity contribution is 0.286. The second-order valence-electron chi connectivity index (χ2n) is 5.70. The first-order chi connectivity index (χ1) is 11.1. The van der Waals surface area contributed by atoms with Crippen LogP contribution in [0, 0.1) is 5.82 Å². The monoisotopic (exact) mass is 335 g/mol. The van der Waals surface area contributed by atoms with Crippen molar-refractivity contribution < 1.29 is 9.13 Å². The largest absolute Gasteiger partial charge is 0.473 e. The van der Waals surface area contributed by atoms with E-state index >= 15 is 0 Å². The van der Waals surface area contributed by atoms with Gasteiger partial charge in [0.1, 0.15) is 12.4 Å². The van der Waals surface area contributed by atoms with Crippen LogP contribution in [0.25, 0.3) is 0 Å². The van der Waals surface area contributed by atoms with E-state index in [0.29, 0.717) is 22.4 Å². The standard InChI is InChI=1S/C19H23ClFNO/c1-3-6-14(7-4-2)18-8-5-9-19(22-18)23-13-15-10-11-16(20)12-17(15)21/h5,8-12,14H,3-4,6-7,13H2,1-2H3. The minimum Gasteiger partial charge on any atom is -0.473 e. The molecule has 0 amide bonds. The highest BCUT2D eigenvalue weighted by atomic mass is 35.5. The molecule has 4 heteroatoms. The summed E-state index contributed by atoms with van der Waals surface area (Å²) in [5, 5.41) is 0.383. The Balaban J connectivity index is 2.07. The van der Waals surface area contributed by atoms with E-state index < -0.39 is 0 Å². The molecule has 0 aliphatic carbocycles. The summed E-state index contributed by atoms with van der Waals surface area (Å²) in [4.78, 5) is 4.60. The van der Waals surface area contributed by atoms with Gasteiger partial charge < -0.3 is 4.74 Å². The van der Waals surface area contributed by atoms with Crippen molar-refractivity contribution in [1.82, 2.24) is 4.98 Å². The van der Waals surface area contributed by atoms with Crippen molar-refractivity contribution in [3.8, 4) is 5.88 Å². The first-order valence-electron chi connectivity index (χ1n) is 8.17. The molecular weight excluding hydrogens is 313 g/mol. The van der Waals surface area contributed by atoms with Crippen LogP contribution in [0.1, 0.15) is 56.7 Å². The maximum Gasteiger partial charge on any atom is 0.213 e. The van der Waals surface area contributed by atoms with E-state index in [0.717, 1.165) is 31.4 Å². The minimum absolute atomic E-state index is 0.145. The highest BCUT2D eigenvalue weighted by Gasteiger charge is 2.12. The average molecular weight is 336 g/mol. The zero-order chi connectivity index (χ0) is 16.7. The van der Waals surface area contributed by atoms with E-state index in [9.17, 15) is 4.39 Å². The van der Waals surface area contributed by atoms with Crippen LogP contribution in [0.15, 0.2) is 36.4 Å². The maximum absolute atomic E-state index is 13.8. The number of hydrogen-bond donors (Lipinski definition) is 0. The number of hydrogen-bond acceptors (Lipinski definition) is 2. The fraction of sp³-hybridized carbons (Fsp3) is 0.421. The van der Waals surface area contributed by atoms with Crippen molar-refractivity contribution in [3.63, 3.8) is 0 Å². The van der Waals surface area contributed by atoms with Gasteiger partial charge in [0, 0.05) is 28.3 Å². The van der Waals surface area contributed by atoms with Crippen LogP contribution >= 0.6 is 11.6 Å². The smallest absolute Gasteiger partial charge is 0.213 e. The normalized spacial score (nSPS) is 11.0. The molecule has 2 rings (SSSR count). The summed E-state index contributed by atoms with van der Waals surface area (Å²) in [5.41, 5.74) is 1.53. The number of halogens is 2. The second-order valence-corrected chi connectivity index (χ2v) is 6.14. The van der Waals surface area contributed by atoms with E-state index in [2.05, 4.69) is 18.8 Å². The molecule has 1 aromatic carbocycles. The van der Waals surface area contributed by atoms with E-state index in [1.165, 1.54) is 6.07 Å². The Labute approximate surface area is 142 Å². The van der Waals surface area contributed by atoms with Crippen LogP contribution in [0.3, 0.4) is 0 Å². The third kappa shape index (κ3) is 5.21. The van der Waals surface area contributed by atoms with Gasteiger partial charge in [-0.15, -0.1) is 0 Å². The number of rotatable bonds is 8. The molecule has 0 spiro atoms. The lowest BCUT2D eigenvalue weighted by atomic mass is 9.94. The minimum atomic E-state index is -0.358. The molecule has 1 aromatic heterocycles. The summed E-state index contributed by atoms with van der Waals surface area (Å²) < 4.78 is 19.4. The molecule has 1 heterocycles. The highest BCUT2D eigenvalue weighted by Crippen LogP contribution is 2.26. The Kier molecular flexibility index (Phi) is 6.85. The summed E-state index contributed by atoms with van der Waals surface area (Å²) in [7, 11) is 0. The Morgan fingerprint density at radius 3 is 2.52 bits per heavy atom. The van der Waals surface area contributed by atoms with Crippen molar-refractivity contribution in [1.29, 1.82) is 0 Å². The van der Waals surface area contributed by atoms with E-state index in [-0.39, 0.29) is 12.4 Å². The van der Waals surface area contributed by atoms with Crippen LogP contribution in [-0.2, 0) is 6.61 Å². The molecule has 0 fully saturated rings. The number of benzene rings is 1. The van der Waals surface area contributed by atoms with Crippen molar-refractivity contribution in [2.45, 2.75) is 52.1 Å². The number of ether oxygens (including phenoxy) is 1. The highest BCUT2D eigenvalue weighted by molar-refractivity contribution is 6.30. The van der Waals surface area contributed by atoms with Crippen LogP contribution < -0.4 is 4.74 Å². The maximum atomic E-state index is 13.8. The fourth-order valence-electron chi connectivity index (χ4n) is 2.67. The van der Waals surface area contributed by atoms with Crippen LogP contribution in [0.2, 0.25) is 5.02 Å². The molecular formula is C19H23ClFNO.